The average Bonchev–Trinajstić information content (AvgIpc) is 2.77. The average molecular weight is 262 g/mol. The molecule has 106 valence electrons. The summed E-state index contributed by atoms with van der Waals surface area (Å²) in [6.07, 6.45) is 2.32. The molecule has 1 aromatic carbocycles. The van der Waals surface area contributed by atoms with E-state index in [4.69, 9.17) is 4.74 Å². The van der Waals surface area contributed by atoms with Gasteiger partial charge in [-0.2, -0.15) is 0 Å². The second-order valence-electron chi connectivity index (χ2n) is 6.20. The Morgan fingerprint density at radius 2 is 2.00 bits per heavy atom. The SMILES string of the molecule is COc1ccc(CCN(C)C2CNC(C)(C)C2)cc1. The topological polar surface area (TPSA) is 24.5 Å². The Morgan fingerprint density at radius 1 is 1.32 bits per heavy atom. The number of nitrogens with zero attached hydrogens (tertiary/aromatic N) is 1. The highest BCUT2D eigenvalue weighted by Crippen LogP contribution is 2.21. The van der Waals surface area contributed by atoms with Crippen LogP contribution < -0.4 is 10.1 Å². The van der Waals surface area contributed by atoms with Crippen LogP contribution in [0.1, 0.15) is 25.8 Å². The second kappa shape index (κ2) is 5.93. The summed E-state index contributed by atoms with van der Waals surface area (Å²) in [7, 11) is 3.94. The zero-order chi connectivity index (χ0) is 13.9. The zero-order valence-electron chi connectivity index (χ0n) is 12.6. The van der Waals surface area contributed by atoms with E-state index in [9.17, 15) is 0 Å². The van der Waals surface area contributed by atoms with Gasteiger partial charge in [0.25, 0.3) is 0 Å². The van der Waals surface area contributed by atoms with Gasteiger partial charge in [-0.15, -0.1) is 0 Å². The zero-order valence-corrected chi connectivity index (χ0v) is 12.6. The molecule has 0 spiro atoms. The summed E-state index contributed by atoms with van der Waals surface area (Å²) in [5.41, 5.74) is 1.66. The van der Waals surface area contributed by atoms with Crippen molar-refractivity contribution in [2.45, 2.75) is 38.3 Å². The van der Waals surface area contributed by atoms with Crippen LogP contribution in [0.4, 0.5) is 0 Å². The van der Waals surface area contributed by atoms with Crippen LogP contribution in [-0.2, 0) is 6.42 Å². The molecule has 1 unspecified atom stereocenters. The Labute approximate surface area is 116 Å². The largest absolute Gasteiger partial charge is 0.497 e. The molecule has 1 saturated heterocycles. The maximum Gasteiger partial charge on any atom is 0.118 e. The lowest BCUT2D eigenvalue weighted by atomic mass is 10.0. The molecular weight excluding hydrogens is 236 g/mol. The molecule has 0 amide bonds. The molecule has 0 bridgehead atoms. The second-order valence-corrected chi connectivity index (χ2v) is 6.20. The Hall–Kier alpha value is -1.06. The highest BCUT2D eigenvalue weighted by atomic mass is 16.5. The minimum absolute atomic E-state index is 0.291. The Bertz CT molecular complexity index is 400. The Balaban J connectivity index is 1.81. The molecule has 1 aromatic rings. The van der Waals surface area contributed by atoms with Crippen molar-refractivity contribution < 1.29 is 4.74 Å². The van der Waals surface area contributed by atoms with E-state index >= 15 is 0 Å². The minimum atomic E-state index is 0.291. The fraction of sp³-hybridized carbons (Fsp3) is 0.625. The Kier molecular flexibility index (Phi) is 4.48. The van der Waals surface area contributed by atoms with Gasteiger partial charge in [0.2, 0.25) is 0 Å². The van der Waals surface area contributed by atoms with E-state index in [0.717, 1.165) is 25.3 Å². The standard InChI is InChI=1S/C16H26N2O/c1-16(2)11-14(12-17-16)18(3)10-9-13-5-7-15(19-4)8-6-13/h5-8,14,17H,9-12H2,1-4H3. The fourth-order valence-electron chi connectivity index (χ4n) is 2.72. The summed E-state index contributed by atoms with van der Waals surface area (Å²) < 4.78 is 5.18. The summed E-state index contributed by atoms with van der Waals surface area (Å²) in [6.45, 7) is 6.77. The van der Waals surface area contributed by atoms with Crippen LogP contribution in [-0.4, -0.2) is 43.7 Å². The van der Waals surface area contributed by atoms with Gasteiger partial charge < -0.3 is 15.0 Å². The fourth-order valence-corrected chi connectivity index (χ4v) is 2.72. The van der Waals surface area contributed by atoms with E-state index < -0.39 is 0 Å². The number of methoxy groups -OCH3 is 1. The number of benzene rings is 1. The van der Waals surface area contributed by atoms with Gasteiger partial charge in [0.1, 0.15) is 5.75 Å². The molecule has 1 aliphatic heterocycles. The van der Waals surface area contributed by atoms with Gasteiger partial charge in [-0.3, -0.25) is 0 Å². The van der Waals surface area contributed by atoms with E-state index in [-0.39, 0.29) is 0 Å². The lowest BCUT2D eigenvalue weighted by Gasteiger charge is -2.25. The Morgan fingerprint density at radius 3 is 2.53 bits per heavy atom. The van der Waals surface area contributed by atoms with E-state index in [2.05, 4.69) is 43.2 Å². The van der Waals surface area contributed by atoms with Gasteiger partial charge in [0.15, 0.2) is 0 Å². The van der Waals surface area contributed by atoms with Crippen molar-refractivity contribution in [3.63, 3.8) is 0 Å². The van der Waals surface area contributed by atoms with Crippen molar-refractivity contribution in [1.82, 2.24) is 10.2 Å². The molecule has 0 aromatic heterocycles. The number of hydrogen-bond donors (Lipinski definition) is 1. The first kappa shape index (κ1) is 14.4. The van der Waals surface area contributed by atoms with Crippen molar-refractivity contribution in [2.24, 2.45) is 0 Å². The van der Waals surface area contributed by atoms with Crippen LogP contribution in [0.15, 0.2) is 24.3 Å². The summed E-state index contributed by atoms with van der Waals surface area (Å²) >= 11 is 0. The van der Waals surface area contributed by atoms with Crippen molar-refractivity contribution in [3.8, 4) is 5.75 Å². The molecule has 1 atom stereocenters. The molecule has 0 radical (unpaired) electrons. The lowest BCUT2D eigenvalue weighted by molar-refractivity contribution is 0.251. The highest BCUT2D eigenvalue weighted by molar-refractivity contribution is 5.27. The highest BCUT2D eigenvalue weighted by Gasteiger charge is 2.32. The normalized spacial score (nSPS) is 21.8. The molecule has 0 saturated carbocycles. The summed E-state index contributed by atoms with van der Waals surface area (Å²) in [5, 5.41) is 3.58. The third-order valence-corrected chi connectivity index (χ3v) is 4.10. The predicted molar refractivity (Wildman–Crippen MR) is 79.8 cm³/mol. The molecule has 3 heteroatoms. The molecule has 0 aliphatic carbocycles. The van der Waals surface area contributed by atoms with E-state index in [0.29, 0.717) is 11.6 Å². The van der Waals surface area contributed by atoms with Gasteiger partial charge in [-0.1, -0.05) is 12.1 Å². The molecule has 3 nitrogen and oxygen atoms in total. The molecular formula is C16H26N2O. The van der Waals surface area contributed by atoms with Gasteiger partial charge in [-0.25, -0.2) is 0 Å². The molecule has 1 aliphatic rings. The number of hydrogen-bond acceptors (Lipinski definition) is 3. The van der Waals surface area contributed by atoms with Crippen LogP contribution in [0.2, 0.25) is 0 Å². The molecule has 1 N–H and O–H groups in total. The van der Waals surface area contributed by atoms with Crippen molar-refractivity contribution in [1.29, 1.82) is 0 Å². The van der Waals surface area contributed by atoms with Crippen molar-refractivity contribution >= 4 is 0 Å². The van der Waals surface area contributed by atoms with Crippen LogP contribution in [0.5, 0.6) is 5.75 Å². The quantitative estimate of drug-likeness (QED) is 0.881. The first-order valence-corrected chi connectivity index (χ1v) is 7.08. The van der Waals surface area contributed by atoms with Crippen LogP contribution in [0.3, 0.4) is 0 Å². The third kappa shape index (κ3) is 3.95. The third-order valence-electron chi connectivity index (χ3n) is 4.10. The molecule has 2 rings (SSSR count). The van der Waals surface area contributed by atoms with Crippen LogP contribution in [0.25, 0.3) is 0 Å². The monoisotopic (exact) mass is 262 g/mol. The number of ether oxygens (including phenoxy) is 1. The maximum absolute atomic E-state index is 5.18. The van der Waals surface area contributed by atoms with Crippen molar-refractivity contribution in [3.05, 3.63) is 29.8 Å². The molecule has 1 fully saturated rings. The molecule has 1 heterocycles. The predicted octanol–water partition coefficient (Wildman–Crippen LogP) is 2.31. The first-order valence-electron chi connectivity index (χ1n) is 7.08. The summed E-state index contributed by atoms with van der Waals surface area (Å²) in [5.74, 6) is 0.929. The lowest BCUT2D eigenvalue weighted by Crippen LogP contribution is -2.34. The smallest absolute Gasteiger partial charge is 0.118 e. The summed E-state index contributed by atoms with van der Waals surface area (Å²) in [6, 6.07) is 9.05. The first-order chi connectivity index (χ1) is 9.00. The van der Waals surface area contributed by atoms with Gasteiger partial charge >= 0.3 is 0 Å². The maximum atomic E-state index is 5.18. The van der Waals surface area contributed by atoms with E-state index in [1.807, 2.05) is 12.1 Å². The minimum Gasteiger partial charge on any atom is -0.497 e. The van der Waals surface area contributed by atoms with Gasteiger partial charge in [0.05, 0.1) is 7.11 Å². The summed E-state index contributed by atoms with van der Waals surface area (Å²) in [4.78, 5) is 2.48. The number of rotatable bonds is 5. The van der Waals surface area contributed by atoms with E-state index in [1.165, 1.54) is 12.0 Å². The van der Waals surface area contributed by atoms with Gasteiger partial charge in [-0.05, 0) is 51.4 Å². The van der Waals surface area contributed by atoms with Crippen molar-refractivity contribution in [2.75, 3.05) is 27.2 Å². The van der Waals surface area contributed by atoms with Gasteiger partial charge in [0, 0.05) is 24.7 Å². The number of nitrogens with one attached hydrogen (secondary N) is 1. The van der Waals surface area contributed by atoms with Crippen LogP contribution >= 0.6 is 0 Å². The van der Waals surface area contributed by atoms with E-state index in [1.54, 1.807) is 7.11 Å². The molecule has 19 heavy (non-hydrogen) atoms. The number of likely N-dealkylation sites (N-methyl/N-ethyl adjacent to an activating group) is 1. The van der Waals surface area contributed by atoms with Crippen LogP contribution in [0, 0.1) is 0 Å².